The molecule has 1 atom stereocenters. The maximum absolute atomic E-state index is 13.5. The number of rotatable bonds is 8. The Hall–Kier alpha value is -1.14. The molecular formula is C15H25FN2O2S. The zero-order valence-corrected chi connectivity index (χ0v) is 14.0. The lowest BCUT2D eigenvalue weighted by atomic mass is 10.0. The van der Waals surface area contributed by atoms with E-state index in [2.05, 4.69) is 12.2 Å². The molecule has 0 aliphatic heterocycles. The predicted molar refractivity (Wildman–Crippen MR) is 86.1 cm³/mol. The van der Waals surface area contributed by atoms with E-state index in [1.165, 1.54) is 18.4 Å². The average molecular weight is 316 g/mol. The molecule has 4 nitrogen and oxygen atoms in total. The highest BCUT2D eigenvalue weighted by Crippen LogP contribution is 2.26. The fourth-order valence-electron chi connectivity index (χ4n) is 2.11. The molecule has 0 spiro atoms. The highest BCUT2D eigenvalue weighted by atomic mass is 32.2. The number of benzene rings is 1. The van der Waals surface area contributed by atoms with Gasteiger partial charge in [0.1, 0.15) is 15.7 Å². The second-order valence-electron chi connectivity index (χ2n) is 5.43. The van der Waals surface area contributed by atoms with Crippen LogP contribution in [0.2, 0.25) is 0 Å². The van der Waals surface area contributed by atoms with Gasteiger partial charge in [-0.2, -0.15) is 0 Å². The number of nitrogens with one attached hydrogen (secondary N) is 1. The van der Waals surface area contributed by atoms with E-state index in [1.807, 2.05) is 18.9 Å². The summed E-state index contributed by atoms with van der Waals surface area (Å²) >= 11 is 0. The minimum Gasteiger partial charge on any atom is -0.373 e. The van der Waals surface area contributed by atoms with Gasteiger partial charge in [0.05, 0.1) is 5.75 Å². The number of halogens is 1. The summed E-state index contributed by atoms with van der Waals surface area (Å²) in [5.74, 6) is -0.202. The van der Waals surface area contributed by atoms with E-state index >= 15 is 0 Å². The molecule has 0 fully saturated rings. The van der Waals surface area contributed by atoms with Crippen molar-refractivity contribution in [3.05, 3.63) is 29.6 Å². The first-order valence-electron chi connectivity index (χ1n) is 7.16. The summed E-state index contributed by atoms with van der Waals surface area (Å²) < 4.78 is 36.1. The molecule has 0 radical (unpaired) electrons. The van der Waals surface area contributed by atoms with Gasteiger partial charge in [-0.15, -0.1) is 0 Å². The fourth-order valence-corrected chi connectivity index (χ4v) is 2.72. The predicted octanol–water partition coefficient (Wildman–Crippen LogP) is 2.37. The summed E-state index contributed by atoms with van der Waals surface area (Å²) in [7, 11) is -1.19. The molecule has 1 rings (SSSR count). The van der Waals surface area contributed by atoms with Gasteiger partial charge in [-0.3, -0.25) is 0 Å². The lowest BCUT2D eigenvalue weighted by Crippen LogP contribution is -2.28. The highest BCUT2D eigenvalue weighted by Gasteiger charge is 2.15. The molecule has 1 aromatic carbocycles. The summed E-state index contributed by atoms with van der Waals surface area (Å²) in [6, 6.07) is 4.63. The molecule has 0 aliphatic rings. The zero-order valence-electron chi connectivity index (χ0n) is 13.2. The van der Waals surface area contributed by atoms with E-state index in [0.717, 1.165) is 24.2 Å². The molecule has 0 saturated heterocycles. The highest BCUT2D eigenvalue weighted by molar-refractivity contribution is 7.90. The summed E-state index contributed by atoms with van der Waals surface area (Å²) in [5.41, 5.74) is 1.70. The first-order valence-corrected chi connectivity index (χ1v) is 9.22. The standard InChI is InChI=1S/C15H25FN2O2S/c1-5-8-17-12(2)14-11-13(16)6-7-15(14)18(3)9-10-21(4,19)20/h6-7,11-12,17H,5,8-10H2,1-4H3. The SMILES string of the molecule is CCCNC(C)c1cc(F)ccc1N(C)CCS(C)(=O)=O. The quantitative estimate of drug-likeness (QED) is 0.800. The summed E-state index contributed by atoms with van der Waals surface area (Å²) in [6.45, 7) is 5.30. The molecular weight excluding hydrogens is 291 g/mol. The Kier molecular flexibility index (Phi) is 6.61. The third kappa shape index (κ3) is 6.01. The Morgan fingerprint density at radius 2 is 2.05 bits per heavy atom. The van der Waals surface area contributed by atoms with Crippen molar-refractivity contribution < 1.29 is 12.8 Å². The maximum Gasteiger partial charge on any atom is 0.149 e. The average Bonchev–Trinajstić information content (AvgIpc) is 2.41. The van der Waals surface area contributed by atoms with Crippen molar-refractivity contribution in [1.29, 1.82) is 0 Å². The van der Waals surface area contributed by atoms with Gasteiger partial charge in [-0.1, -0.05) is 6.92 Å². The van der Waals surface area contributed by atoms with E-state index in [-0.39, 0.29) is 17.6 Å². The minimum atomic E-state index is -3.01. The summed E-state index contributed by atoms with van der Waals surface area (Å²) in [5, 5.41) is 3.33. The normalized spacial score (nSPS) is 13.2. The van der Waals surface area contributed by atoms with Gasteiger partial charge >= 0.3 is 0 Å². The molecule has 0 aliphatic carbocycles. The first-order chi connectivity index (χ1) is 9.74. The van der Waals surface area contributed by atoms with Crippen molar-refractivity contribution in [2.45, 2.75) is 26.3 Å². The number of hydrogen-bond acceptors (Lipinski definition) is 4. The molecule has 120 valence electrons. The third-order valence-corrected chi connectivity index (χ3v) is 4.29. The molecule has 21 heavy (non-hydrogen) atoms. The number of anilines is 1. The van der Waals surface area contributed by atoms with E-state index in [0.29, 0.717) is 6.54 Å². The van der Waals surface area contributed by atoms with Gasteiger partial charge in [0.2, 0.25) is 0 Å². The molecule has 1 N–H and O–H groups in total. The van der Waals surface area contributed by atoms with Gasteiger partial charge in [-0.25, -0.2) is 12.8 Å². The molecule has 0 amide bonds. The lowest BCUT2D eigenvalue weighted by molar-refractivity contribution is 0.561. The van der Waals surface area contributed by atoms with Crippen LogP contribution in [-0.2, 0) is 9.84 Å². The Morgan fingerprint density at radius 1 is 1.38 bits per heavy atom. The second-order valence-corrected chi connectivity index (χ2v) is 7.69. The zero-order chi connectivity index (χ0) is 16.0. The van der Waals surface area contributed by atoms with Crippen molar-refractivity contribution in [2.75, 3.05) is 37.0 Å². The largest absolute Gasteiger partial charge is 0.373 e. The number of nitrogens with zero attached hydrogens (tertiary/aromatic N) is 1. The van der Waals surface area contributed by atoms with Gasteiger partial charge in [0.25, 0.3) is 0 Å². The Balaban J connectivity index is 2.94. The lowest BCUT2D eigenvalue weighted by Gasteiger charge is -2.25. The van der Waals surface area contributed by atoms with Gasteiger partial charge < -0.3 is 10.2 Å². The number of sulfone groups is 1. The summed E-state index contributed by atoms with van der Waals surface area (Å²) in [6.07, 6.45) is 2.22. The van der Waals surface area contributed by atoms with E-state index < -0.39 is 9.84 Å². The van der Waals surface area contributed by atoms with Gasteiger partial charge in [0, 0.05) is 31.6 Å². The van der Waals surface area contributed by atoms with E-state index in [1.54, 1.807) is 6.07 Å². The van der Waals surface area contributed by atoms with Crippen molar-refractivity contribution >= 4 is 15.5 Å². The van der Waals surface area contributed by atoms with Crippen molar-refractivity contribution in [3.63, 3.8) is 0 Å². The van der Waals surface area contributed by atoms with Crippen LogP contribution in [0.25, 0.3) is 0 Å². The van der Waals surface area contributed by atoms with Crippen LogP contribution < -0.4 is 10.2 Å². The van der Waals surface area contributed by atoms with E-state index in [4.69, 9.17) is 0 Å². The molecule has 6 heteroatoms. The van der Waals surface area contributed by atoms with Crippen molar-refractivity contribution in [2.24, 2.45) is 0 Å². The van der Waals surface area contributed by atoms with Crippen LogP contribution in [0.4, 0.5) is 10.1 Å². The van der Waals surface area contributed by atoms with Gasteiger partial charge in [-0.05, 0) is 43.7 Å². The number of hydrogen-bond donors (Lipinski definition) is 1. The molecule has 1 aromatic rings. The second kappa shape index (κ2) is 7.75. The van der Waals surface area contributed by atoms with Crippen LogP contribution in [0.1, 0.15) is 31.9 Å². The molecule has 0 heterocycles. The fraction of sp³-hybridized carbons (Fsp3) is 0.600. The van der Waals surface area contributed by atoms with Crippen LogP contribution >= 0.6 is 0 Å². The first kappa shape index (κ1) is 17.9. The topological polar surface area (TPSA) is 49.4 Å². The maximum atomic E-state index is 13.5. The molecule has 0 saturated carbocycles. The van der Waals surface area contributed by atoms with Crippen LogP contribution in [-0.4, -0.2) is 40.6 Å². The van der Waals surface area contributed by atoms with Crippen molar-refractivity contribution in [3.8, 4) is 0 Å². The molecule has 0 aromatic heterocycles. The Bertz CT molecular complexity index is 561. The molecule has 0 bridgehead atoms. The van der Waals surface area contributed by atoms with Crippen LogP contribution in [0.15, 0.2) is 18.2 Å². The van der Waals surface area contributed by atoms with Gasteiger partial charge in [0.15, 0.2) is 0 Å². The summed E-state index contributed by atoms with van der Waals surface area (Å²) in [4.78, 5) is 1.86. The van der Waals surface area contributed by atoms with Crippen molar-refractivity contribution in [1.82, 2.24) is 5.32 Å². The Labute approximate surface area is 127 Å². The smallest absolute Gasteiger partial charge is 0.149 e. The minimum absolute atomic E-state index is 0.0105. The third-order valence-electron chi connectivity index (χ3n) is 3.37. The monoisotopic (exact) mass is 316 g/mol. The van der Waals surface area contributed by atoms with Crippen LogP contribution in [0.3, 0.4) is 0 Å². The molecule has 1 unspecified atom stereocenters. The Morgan fingerprint density at radius 3 is 2.62 bits per heavy atom. The van der Waals surface area contributed by atoms with E-state index in [9.17, 15) is 12.8 Å². The van der Waals surface area contributed by atoms with Crippen LogP contribution in [0.5, 0.6) is 0 Å². The van der Waals surface area contributed by atoms with Crippen LogP contribution in [0, 0.1) is 5.82 Å².